The van der Waals surface area contributed by atoms with Gasteiger partial charge in [0.2, 0.25) is 0 Å². The van der Waals surface area contributed by atoms with Crippen molar-refractivity contribution >= 4 is 0 Å². The molecule has 0 unspecified atom stereocenters. The Balaban J connectivity index is 0.000000561. The molecule has 1 aliphatic rings. The molecule has 1 rings (SSSR count). The quantitative estimate of drug-likeness (QED) is 0.578. The lowest BCUT2D eigenvalue weighted by atomic mass is 10.3. The lowest BCUT2D eigenvalue weighted by Gasteiger charge is -1.94. The molecule has 0 saturated carbocycles. The third-order valence-corrected chi connectivity index (χ3v) is 1.20. The maximum absolute atomic E-state index is 3.77. The maximum atomic E-state index is 3.77. The molecule has 0 amide bonds. The average Bonchev–Trinajstić information content (AvgIpc) is 2.22. The van der Waals surface area contributed by atoms with Crippen LogP contribution in [0.2, 0.25) is 0 Å². The smallest absolute Gasteiger partial charge is 0.0306 e. The van der Waals surface area contributed by atoms with Crippen molar-refractivity contribution in [2.24, 2.45) is 0 Å². The zero-order chi connectivity index (χ0) is 9.23. The third-order valence-electron chi connectivity index (χ3n) is 1.20. The van der Waals surface area contributed by atoms with Gasteiger partial charge in [0, 0.05) is 5.70 Å². The predicted molar refractivity (Wildman–Crippen MR) is 55.7 cm³/mol. The summed E-state index contributed by atoms with van der Waals surface area (Å²) in [6, 6.07) is 0. The molecule has 1 heteroatoms. The summed E-state index contributed by atoms with van der Waals surface area (Å²) in [5.41, 5.74) is 0.919. The molecule has 0 saturated heterocycles. The minimum atomic E-state index is 0.919. The fourth-order valence-electron chi connectivity index (χ4n) is 0.690. The topological polar surface area (TPSA) is 12.0 Å². The van der Waals surface area contributed by atoms with Crippen LogP contribution in [-0.4, -0.2) is 0 Å². The van der Waals surface area contributed by atoms with Crippen LogP contribution in [0.1, 0.15) is 20.3 Å². The lowest BCUT2D eigenvalue weighted by Crippen LogP contribution is -1.99. The fraction of sp³-hybridized carbons (Fsp3) is 0.273. The summed E-state index contributed by atoms with van der Waals surface area (Å²) in [6.07, 6.45) is 13.0. The van der Waals surface area contributed by atoms with Crippen molar-refractivity contribution in [3.05, 3.63) is 48.9 Å². The minimum Gasteiger partial charge on any atom is -0.362 e. The Morgan fingerprint density at radius 3 is 2.75 bits per heavy atom. The van der Waals surface area contributed by atoms with E-state index in [1.165, 1.54) is 0 Å². The predicted octanol–water partition coefficient (Wildman–Crippen LogP) is 3.15. The number of hydrogen-bond acceptors (Lipinski definition) is 1. The SMILES string of the molecule is C=C1/C=C\C=C/C/C=C\N1.CC. The van der Waals surface area contributed by atoms with E-state index in [0.29, 0.717) is 0 Å². The molecule has 1 heterocycles. The monoisotopic (exact) mass is 163 g/mol. The minimum absolute atomic E-state index is 0.919. The lowest BCUT2D eigenvalue weighted by molar-refractivity contribution is 1.11. The highest BCUT2D eigenvalue weighted by atomic mass is 14.8. The van der Waals surface area contributed by atoms with Gasteiger partial charge in [-0.05, 0) is 18.7 Å². The van der Waals surface area contributed by atoms with E-state index in [2.05, 4.69) is 24.0 Å². The second-order valence-electron chi connectivity index (χ2n) is 2.09. The van der Waals surface area contributed by atoms with Gasteiger partial charge in [-0.15, -0.1) is 0 Å². The van der Waals surface area contributed by atoms with Crippen LogP contribution in [0.3, 0.4) is 0 Å². The van der Waals surface area contributed by atoms with Crippen molar-refractivity contribution in [3.8, 4) is 0 Å². The van der Waals surface area contributed by atoms with Crippen LogP contribution < -0.4 is 5.32 Å². The summed E-state index contributed by atoms with van der Waals surface area (Å²) >= 11 is 0. The standard InChI is InChI=1S/C9H11N.C2H6/c1-9-7-5-3-2-4-6-8-10-9;1-2/h2-3,5-8,10H,1,4H2;1-2H3/b3-2-,7-5-,8-6-;. The Kier molecular flexibility index (Phi) is 7.05. The van der Waals surface area contributed by atoms with Crippen molar-refractivity contribution in [1.82, 2.24) is 5.32 Å². The summed E-state index contributed by atoms with van der Waals surface area (Å²) in [6.45, 7) is 7.77. The molecule has 0 spiro atoms. The van der Waals surface area contributed by atoms with Crippen LogP contribution in [0.4, 0.5) is 0 Å². The number of allylic oxidation sites excluding steroid dienone is 5. The van der Waals surface area contributed by atoms with Crippen LogP contribution in [0, 0.1) is 0 Å². The highest BCUT2D eigenvalue weighted by Crippen LogP contribution is 1.93. The first-order valence-corrected chi connectivity index (χ1v) is 4.33. The molecule has 0 radical (unpaired) electrons. The van der Waals surface area contributed by atoms with Gasteiger partial charge in [-0.3, -0.25) is 0 Å². The molecule has 0 aromatic carbocycles. The van der Waals surface area contributed by atoms with Gasteiger partial charge in [-0.1, -0.05) is 44.7 Å². The molecule has 0 atom stereocenters. The van der Waals surface area contributed by atoms with Gasteiger partial charge in [0.25, 0.3) is 0 Å². The zero-order valence-corrected chi connectivity index (χ0v) is 7.88. The van der Waals surface area contributed by atoms with E-state index in [1.807, 2.05) is 38.3 Å². The normalized spacial score (nSPS) is 23.0. The molecule has 1 N–H and O–H groups in total. The first kappa shape index (κ1) is 10.8. The largest absolute Gasteiger partial charge is 0.362 e. The third kappa shape index (κ3) is 5.54. The van der Waals surface area contributed by atoms with Gasteiger partial charge in [-0.25, -0.2) is 0 Å². The van der Waals surface area contributed by atoms with Gasteiger partial charge in [0.05, 0.1) is 0 Å². The van der Waals surface area contributed by atoms with Gasteiger partial charge in [0.15, 0.2) is 0 Å². The summed E-state index contributed by atoms with van der Waals surface area (Å²) in [4.78, 5) is 0. The van der Waals surface area contributed by atoms with Crippen LogP contribution in [0.15, 0.2) is 48.9 Å². The fourth-order valence-corrected chi connectivity index (χ4v) is 0.690. The average molecular weight is 163 g/mol. The Morgan fingerprint density at radius 1 is 1.25 bits per heavy atom. The zero-order valence-electron chi connectivity index (χ0n) is 7.88. The van der Waals surface area contributed by atoms with Crippen molar-refractivity contribution in [2.75, 3.05) is 0 Å². The highest BCUT2D eigenvalue weighted by molar-refractivity contribution is 5.20. The Labute approximate surface area is 75.2 Å². The Morgan fingerprint density at radius 2 is 2.00 bits per heavy atom. The van der Waals surface area contributed by atoms with Crippen molar-refractivity contribution in [3.63, 3.8) is 0 Å². The summed E-state index contributed by atoms with van der Waals surface area (Å²) in [7, 11) is 0. The highest BCUT2D eigenvalue weighted by Gasteiger charge is 1.81. The van der Waals surface area contributed by atoms with Crippen molar-refractivity contribution in [2.45, 2.75) is 20.3 Å². The van der Waals surface area contributed by atoms with E-state index >= 15 is 0 Å². The molecule has 0 aromatic heterocycles. The molecule has 1 aliphatic heterocycles. The van der Waals surface area contributed by atoms with E-state index in [0.717, 1.165) is 12.1 Å². The van der Waals surface area contributed by atoms with Gasteiger partial charge < -0.3 is 5.32 Å². The second-order valence-corrected chi connectivity index (χ2v) is 2.09. The van der Waals surface area contributed by atoms with E-state index in [4.69, 9.17) is 0 Å². The molecular weight excluding hydrogens is 146 g/mol. The first-order valence-electron chi connectivity index (χ1n) is 4.33. The molecule has 1 nitrogen and oxygen atoms in total. The van der Waals surface area contributed by atoms with E-state index in [-0.39, 0.29) is 0 Å². The number of rotatable bonds is 0. The molecule has 12 heavy (non-hydrogen) atoms. The van der Waals surface area contributed by atoms with Crippen LogP contribution in [0.5, 0.6) is 0 Å². The molecule has 0 aliphatic carbocycles. The van der Waals surface area contributed by atoms with Crippen molar-refractivity contribution < 1.29 is 0 Å². The van der Waals surface area contributed by atoms with Gasteiger partial charge >= 0.3 is 0 Å². The first-order chi connectivity index (χ1) is 5.89. The van der Waals surface area contributed by atoms with Crippen molar-refractivity contribution in [1.29, 1.82) is 0 Å². The Bertz CT molecular complexity index is 197. The van der Waals surface area contributed by atoms with E-state index in [9.17, 15) is 0 Å². The van der Waals surface area contributed by atoms with Crippen LogP contribution in [-0.2, 0) is 0 Å². The summed E-state index contributed by atoms with van der Waals surface area (Å²) in [5.74, 6) is 0. The molecule has 0 aromatic rings. The maximum Gasteiger partial charge on any atom is 0.0306 e. The summed E-state index contributed by atoms with van der Waals surface area (Å²) in [5, 5.41) is 3.02. The molecular formula is C11H17N. The van der Waals surface area contributed by atoms with Gasteiger partial charge in [0.1, 0.15) is 0 Å². The number of nitrogens with one attached hydrogen (secondary N) is 1. The van der Waals surface area contributed by atoms with Crippen LogP contribution in [0.25, 0.3) is 0 Å². The van der Waals surface area contributed by atoms with E-state index < -0.39 is 0 Å². The molecule has 0 bridgehead atoms. The molecule has 66 valence electrons. The summed E-state index contributed by atoms with van der Waals surface area (Å²) < 4.78 is 0. The Hall–Kier alpha value is -1.24. The molecule has 0 fully saturated rings. The van der Waals surface area contributed by atoms with E-state index in [1.54, 1.807) is 0 Å². The second kappa shape index (κ2) is 7.86. The van der Waals surface area contributed by atoms with Gasteiger partial charge in [-0.2, -0.15) is 0 Å². The van der Waals surface area contributed by atoms with Crippen LogP contribution >= 0.6 is 0 Å². The number of hydrogen-bond donors (Lipinski definition) is 1.